The lowest BCUT2D eigenvalue weighted by molar-refractivity contribution is 0.0631. The van der Waals surface area contributed by atoms with Crippen LogP contribution in [0.15, 0.2) is 41.8 Å². The Labute approximate surface area is 131 Å². The van der Waals surface area contributed by atoms with E-state index in [2.05, 4.69) is 6.58 Å². The number of hydrogen-bond acceptors (Lipinski definition) is 4. The predicted molar refractivity (Wildman–Crippen MR) is 83.9 cm³/mol. The quantitative estimate of drug-likeness (QED) is 0.802. The average Bonchev–Trinajstić information content (AvgIpc) is 2.76. The lowest BCUT2D eigenvalue weighted by atomic mass is 9.85. The van der Waals surface area contributed by atoms with Crippen LogP contribution in [0, 0.1) is 12.3 Å². The van der Waals surface area contributed by atoms with Crippen LogP contribution in [0.25, 0.3) is 0 Å². The molecule has 1 heterocycles. The third-order valence-electron chi connectivity index (χ3n) is 3.66. The Morgan fingerprint density at radius 1 is 1.23 bits per heavy atom. The highest BCUT2D eigenvalue weighted by molar-refractivity contribution is 7.89. The van der Waals surface area contributed by atoms with Gasteiger partial charge in [-0.2, -0.15) is 4.31 Å². The minimum atomic E-state index is -3.97. The van der Waals surface area contributed by atoms with Gasteiger partial charge in [0.1, 0.15) is 12.1 Å². The first-order chi connectivity index (χ1) is 10.1. The van der Waals surface area contributed by atoms with E-state index in [0.717, 1.165) is 9.87 Å². The first-order valence-electron chi connectivity index (χ1n) is 7.03. The van der Waals surface area contributed by atoms with Crippen molar-refractivity contribution in [3.05, 3.63) is 42.5 Å². The topological polar surface area (TPSA) is 63.7 Å². The van der Waals surface area contributed by atoms with E-state index in [9.17, 15) is 13.2 Å². The molecule has 1 aliphatic heterocycles. The SMILES string of the molecule is C=C[C@@H]1[C@H](C(C)(C)C)OC(=O)N1S(=O)(=O)c1ccc(C)cc1. The molecule has 22 heavy (non-hydrogen) atoms. The van der Waals surface area contributed by atoms with Crippen molar-refractivity contribution in [1.29, 1.82) is 0 Å². The van der Waals surface area contributed by atoms with Gasteiger partial charge in [-0.1, -0.05) is 44.5 Å². The molecule has 0 N–H and O–H groups in total. The molecule has 1 aliphatic rings. The molecule has 6 heteroatoms. The number of aryl methyl sites for hydroxylation is 1. The van der Waals surface area contributed by atoms with Gasteiger partial charge in [-0.05, 0) is 19.1 Å². The molecule has 0 saturated carbocycles. The molecule has 0 aromatic heterocycles. The van der Waals surface area contributed by atoms with Gasteiger partial charge >= 0.3 is 6.09 Å². The van der Waals surface area contributed by atoms with Gasteiger partial charge in [0.25, 0.3) is 10.0 Å². The van der Waals surface area contributed by atoms with Crippen LogP contribution >= 0.6 is 0 Å². The van der Waals surface area contributed by atoms with Crippen molar-refractivity contribution in [3.63, 3.8) is 0 Å². The molecule has 1 saturated heterocycles. The molecular formula is C16H21NO4S. The average molecular weight is 323 g/mol. The van der Waals surface area contributed by atoms with Gasteiger partial charge in [0.15, 0.2) is 0 Å². The fourth-order valence-corrected chi connectivity index (χ4v) is 3.93. The highest BCUT2D eigenvalue weighted by Crippen LogP contribution is 2.36. The molecule has 5 nitrogen and oxygen atoms in total. The minimum Gasteiger partial charge on any atom is -0.442 e. The van der Waals surface area contributed by atoms with Crippen LogP contribution in [0.4, 0.5) is 4.79 Å². The summed E-state index contributed by atoms with van der Waals surface area (Å²) in [5.41, 5.74) is 0.544. The summed E-state index contributed by atoms with van der Waals surface area (Å²) in [6.07, 6.45) is 0.0233. The number of ether oxygens (including phenoxy) is 1. The second-order valence-corrected chi connectivity index (χ2v) is 8.33. The molecule has 0 spiro atoms. The zero-order chi connectivity index (χ0) is 16.7. The van der Waals surface area contributed by atoms with Crippen LogP contribution in [0.2, 0.25) is 0 Å². The van der Waals surface area contributed by atoms with Crippen LogP contribution < -0.4 is 0 Å². The largest absolute Gasteiger partial charge is 0.442 e. The molecule has 0 radical (unpaired) electrons. The number of sulfonamides is 1. The van der Waals surface area contributed by atoms with Crippen LogP contribution in [-0.2, 0) is 14.8 Å². The van der Waals surface area contributed by atoms with Gasteiger partial charge in [-0.15, -0.1) is 6.58 Å². The number of rotatable bonds is 3. The number of benzene rings is 1. The summed E-state index contributed by atoms with van der Waals surface area (Å²) >= 11 is 0. The second-order valence-electron chi connectivity index (χ2n) is 6.51. The molecule has 1 amide bonds. The number of nitrogens with zero attached hydrogens (tertiary/aromatic N) is 1. The van der Waals surface area contributed by atoms with E-state index in [1.807, 2.05) is 27.7 Å². The van der Waals surface area contributed by atoms with Crippen LogP contribution in [0.5, 0.6) is 0 Å². The lowest BCUT2D eigenvalue weighted by Gasteiger charge is -2.29. The lowest BCUT2D eigenvalue weighted by Crippen LogP contribution is -2.43. The highest BCUT2D eigenvalue weighted by atomic mass is 32.2. The minimum absolute atomic E-state index is 0.0662. The van der Waals surface area contributed by atoms with Gasteiger partial charge in [0.2, 0.25) is 0 Å². The number of hydrogen-bond donors (Lipinski definition) is 0. The third kappa shape index (κ3) is 2.75. The molecule has 2 atom stereocenters. The molecule has 1 fully saturated rings. The molecule has 1 aromatic carbocycles. The van der Waals surface area contributed by atoms with Crippen molar-refractivity contribution in [2.45, 2.75) is 44.7 Å². The van der Waals surface area contributed by atoms with Gasteiger partial charge in [-0.25, -0.2) is 13.2 Å². The summed E-state index contributed by atoms with van der Waals surface area (Å²) < 4.78 is 31.7. The summed E-state index contributed by atoms with van der Waals surface area (Å²) in [6.45, 7) is 11.2. The summed E-state index contributed by atoms with van der Waals surface area (Å²) in [5, 5.41) is 0. The number of carbonyl (C=O) groups is 1. The van der Waals surface area contributed by atoms with Crippen LogP contribution in [-0.4, -0.2) is 31.0 Å². The van der Waals surface area contributed by atoms with Crippen LogP contribution in [0.3, 0.4) is 0 Å². The van der Waals surface area contributed by atoms with Crippen molar-refractivity contribution >= 4 is 16.1 Å². The molecule has 2 rings (SSSR count). The molecule has 0 bridgehead atoms. The van der Waals surface area contributed by atoms with Crippen LogP contribution in [0.1, 0.15) is 26.3 Å². The summed E-state index contributed by atoms with van der Waals surface area (Å²) in [4.78, 5) is 12.2. The van der Waals surface area contributed by atoms with Gasteiger partial charge in [0.05, 0.1) is 4.90 Å². The molecule has 0 aliphatic carbocycles. The van der Waals surface area contributed by atoms with Crippen molar-refractivity contribution < 1.29 is 17.9 Å². The van der Waals surface area contributed by atoms with E-state index in [-0.39, 0.29) is 4.90 Å². The maximum atomic E-state index is 12.8. The zero-order valence-corrected chi connectivity index (χ0v) is 14.1. The Morgan fingerprint density at radius 3 is 2.23 bits per heavy atom. The zero-order valence-electron chi connectivity index (χ0n) is 13.2. The Morgan fingerprint density at radius 2 is 1.77 bits per heavy atom. The van der Waals surface area contributed by atoms with Gasteiger partial charge in [0, 0.05) is 5.41 Å². The molecule has 1 aromatic rings. The van der Waals surface area contributed by atoms with E-state index in [4.69, 9.17) is 4.74 Å². The van der Waals surface area contributed by atoms with Crippen molar-refractivity contribution in [3.8, 4) is 0 Å². The Balaban J connectivity index is 2.48. The maximum absolute atomic E-state index is 12.8. The fraction of sp³-hybridized carbons (Fsp3) is 0.438. The van der Waals surface area contributed by atoms with E-state index in [1.165, 1.54) is 18.2 Å². The monoisotopic (exact) mass is 323 g/mol. The Kier molecular flexibility index (Phi) is 4.08. The molecule has 120 valence electrons. The normalized spacial score (nSPS) is 22.5. The van der Waals surface area contributed by atoms with E-state index in [1.54, 1.807) is 12.1 Å². The third-order valence-corrected chi connectivity index (χ3v) is 5.44. The summed E-state index contributed by atoms with van der Waals surface area (Å²) in [6, 6.07) is 5.64. The summed E-state index contributed by atoms with van der Waals surface area (Å²) in [5.74, 6) is 0. The summed E-state index contributed by atoms with van der Waals surface area (Å²) in [7, 11) is -3.97. The van der Waals surface area contributed by atoms with E-state index >= 15 is 0 Å². The van der Waals surface area contributed by atoms with E-state index < -0.39 is 33.7 Å². The van der Waals surface area contributed by atoms with Gasteiger partial charge in [-0.3, -0.25) is 0 Å². The van der Waals surface area contributed by atoms with Gasteiger partial charge < -0.3 is 4.74 Å². The number of cyclic esters (lactones) is 1. The van der Waals surface area contributed by atoms with Crippen molar-refractivity contribution in [2.75, 3.05) is 0 Å². The van der Waals surface area contributed by atoms with Crippen molar-refractivity contribution in [1.82, 2.24) is 4.31 Å². The molecule has 0 unspecified atom stereocenters. The first kappa shape index (κ1) is 16.5. The van der Waals surface area contributed by atoms with Crippen molar-refractivity contribution in [2.24, 2.45) is 5.41 Å². The second kappa shape index (κ2) is 5.43. The standard InChI is InChI=1S/C16H21NO4S/c1-6-13-14(16(3,4)5)21-15(18)17(13)22(19,20)12-9-7-11(2)8-10-12/h6-10,13-14H,1H2,2-5H3/t13-,14-/m1/s1. The Hall–Kier alpha value is -1.82. The predicted octanol–water partition coefficient (Wildman–Crippen LogP) is 3.11. The Bertz CT molecular complexity index is 686. The number of carbonyl (C=O) groups excluding carboxylic acids is 1. The fourth-order valence-electron chi connectivity index (χ4n) is 2.47. The van der Waals surface area contributed by atoms with E-state index in [0.29, 0.717) is 0 Å². The maximum Gasteiger partial charge on any atom is 0.424 e. The first-order valence-corrected chi connectivity index (χ1v) is 8.47. The highest BCUT2D eigenvalue weighted by Gasteiger charge is 2.51. The molecular weight excluding hydrogens is 302 g/mol. The smallest absolute Gasteiger partial charge is 0.424 e. The number of amides is 1.